The molecule has 0 radical (unpaired) electrons. The Morgan fingerprint density at radius 3 is 2.25 bits per heavy atom. The maximum Gasteiger partial charge on any atom is 0.0600 e. The summed E-state index contributed by atoms with van der Waals surface area (Å²) < 4.78 is 5.83. The van der Waals surface area contributed by atoms with E-state index in [4.69, 9.17) is 4.74 Å². The third-order valence-electron chi connectivity index (χ3n) is 3.71. The van der Waals surface area contributed by atoms with Gasteiger partial charge >= 0.3 is 0 Å². The highest BCUT2D eigenvalue weighted by atomic mass is 79.9. The van der Waals surface area contributed by atoms with Crippen molar-refractivity contribution in [1.29, 1.82) is 0 Å². The highest BCUT2D eigenvalue weighted by Crippen LogP contribution is 2.38. The van der Waals surface area contributed by atoms with Crippen LogP contribution in [0, 0.1) is 0 Å². The number of hydrogen-bond donors (Lipinski definition) is 0. The Morgan fingerprint density at radius 2 is 1.75 bits per heavy atom. The maximum absolute atomic E-state index is 5.83. The molecular weight excluding hydrogens is 266 g/mol. The van der Waals surface area contributed by atoms with Crippen LogP contribution in [0.3, 0.4) is 0 Å². The summed E-state index contributed by atoms with van der Waals surface area (Å²) in [4.78, 5) is 3.44. The molecule has 0 saturated carbocycles. The molecule has 0 aromatic heterocycles. The molecule has 2 rings (SSSR count). The lowest BCUT2D eigenvalue weighted by molar-refractivity contribution is -0.0219. The van der Waals surface area contributed by atoms with E-state index in [-0.39, 0.29) is 5.60 Å². The van der Waals surface area contributed by atoms with Gasteiger partial charge in [0, 0.05) is 23.5 Å². The first-order valence-corrected chi connectivity index (χ1v) is 7.41. The molecule has 0 aromatic rings. The Bertz CT molecular complexity index is 225. The van der Waals surface area contributed by atoms with Crippen molar-refractivity contribution in [3.8, 4) is 0 Å². The van der Waals surface area contributed by atoms with Crippen molar-refractivity contribution in [1.82, 2.24) is 4.90 Å². The van der Waals surface area contributed by atoms with Gasteiger partial charge in [0.25, 0.3) is 0 Å². The van der Waals surface area contributed by atoms with E-state index in [1.165, 1.54) is 25.7 Å². The van der Waals surface area contributed by atoms with Gasteiger partial charge in [0.15, 0.2) is 0 Å². The summed E-state index contributed by atoms with van der Waals surface area (Å²) in [6, 6.07) is 1.62. The van der Waals surface area contributed by atoms with Crippen LogP contribution in [0.1, 0.15) is 46.5 Å². The SMILES string of the molecule is CC(C)(C)OCCN1C2CCC1CC(Br)C2. The van der Waals surface area contributed by atoms with E-state index in [9.17, 15) is 0 Å². The molecule has 2 atom stereocenters. The van der Waals surface area contributed by atoms with Gasteiger partial charge in [-0.05, 0) is 46.5 Å². The molecule has 2 heterocycles. The number of fused-ring (bicyclic) bond motifs is 2. The average Bonchev–Trinajstić information content (AvgIpc) is 2.41. The van der Waals surface area contributed by atoms with Crippen molar-refractivity contribution >= 4 is 15.9 Å². The second-order valence-electron chi connectivity index (χ2n) is 6.15. The molecule has 2 unspecified atom stereocenters. The summed E-state index contributed by atoms with van der Waals surface area (Å²) in [5.74, 6) is 0. The Balaban J connectivity index is 1.79. The summed E-state index contributed by atoms with van der Waals surface area (Å²) >= 11 is 3.78. The molecule has 16 heavy (non-hydrogen) atoms. The highest BCUT2D eigenvalue weighted by Gasteiger charge is 2.39. The fraction of sp³-hybridized carbons (Fsp3) is 1.00. The Kier molecular flexibility index (Phi) is 3.97. The van der Waals surface area contributed by atoms with Crippen LogP contribution in [0.4, 0.5) is 0 Å². The van der Waals surface area contributed by atoms with E-state index in [0.717, 1.165) is 30.1 Å². The molecule has 94 valence electrons. The third-order valence-corrected chi connectivity index (χ3v) is 4.46. The molecule has 0 N–H and O–H groups in total. The van der Waals surface area contributed by atoms with Gasteiger partial charge in [0.05, 0.1) is 12.2 Å². The quantitative estimate of drug-likeness (QED) is 0.740. The second kappa shape index (κ2) is 4.95. The molecule has 2 nitrogen and oxygen atoms in total. The second-order valence-corrected chi connectivity index (χ2v) is 7.45. The predicted molar refractivity (Wildman–Crippen MR) is 71.2 cm³/mol. The minimum Gasteiger partial charge on any atom is -0.375 e. The number of rotatable bonds is 3. The lowest BCUT2D eigenvalue weighted by Crippen LogP contribution is -2.45. The zero-order chi connectivity index (χ0) is 11.8. The van der Waals surface area contributed by atoms with E-state index in [2.05, 4.69) is 41.6 Å². The highest BCUT2D eigenvalue weighted by molar-refractivity contribution is 9.09. The van der Waals surface area contributed by atoms with Crippen LogP contribution in [0.2, 0.25) is 0 Å². The summed E-state index contributed by atoms with van der Waals surface area (Å²) in [6.07, 6.45) is 5.43. The summed E-state index contributed by atoms with van der Waals surface area (Å²) in [6.45, 7) is 8.39. The zero-order valence-corrected chi connectivity index (χ0v) is 12.3. The van der Waals surface area contributed by atoms with Crippen LogP contribution in [0.25, 0.3) is 0 Å². The average molecular weight is 290 g/mol. The lowest BCUT2D eigenvalue weighted by Gasteiger charge is -2.37. The van der Waals surface area contributed by atoms with Gasteiger partial charge in [-0.3, -0.25) is 4.90 Å². The van der Waals surface area contributed by atoms with Gasteiger partial charge in [0.1, 0.15) is 0 Å². The van der Waals surface area contributed by atoms with Gasteiger partial charge in [-0.2, -0.15) is 0 Å². The number of alkyl halides is 1. The molecular formula is C13H24BrNO. The monoisotopic (exact) mass is 289 g/mol. The van der Waals surface area contributed by atoms with Crippen LogP contribution >= 0.6 is 15.9 Å². The number of hydrogen-bond acceptors (Lipinski definition) is 2. The summed E-state index contributed by atoms with van der Waals surface area (Å²) in [5.41, 5.74) is 0.00674. The number of ether oxygens (including phenoxy) is 1. The Hall–Kier alpha value is 0.400. The van der Waals surface area contributed by atoms with Gasteiger partial charge in [-0.15, -0.1) is 0 Å². The molecule has 0 amide bonds. The lowest BCUT2D eigenvalue weighted by atomic mass is 10.0. The minimum absolute atomic E-state index is 0.00674. The zero-order valence-electron chi connectivity index (χ0n) is 10.7. The fourth-order valence-corrected chi connectivity index (χ4v) is 3.89. The van der Waals surface area contributed by atoms with Crippen LogP contribution in [0.5, 0.6) is 0 Å². The van der Waals surface area contributed by atoms with E-state index in [1.807, 2.05) is 0 Å². The van der Waals surface area contributed by atoms with E-state index >= 15 is 0 Å². The predicted octanol–water partition coefficient (Wildman–Crippen LogP) is 3.19. The first kappa shape index (κ1) is 12.8. The molecule has 2 aliphatic rings. The standard InChI is InChI=1S/C13H24BrNO/c1-13(2,3)16-7-6-15-11-4-5-12(15)9-10(14)8-11/h10-12H,4-9H2,1-3H3. The van der Waals surface area contributed by atoms with Crippen LogP contribution in [0.15, 0.2) is 0 Å². The van der Waals surface area contributed by atoms with E-state index < -0.39 is 0 Å². The van der Waals surface area contributed by atoms with Gasteiger partial charge in [-0.25, -0.2) is 0 Å². The smallest absolute Gasteiger partial charge is 0.0600 e. The first-order chi connectivity index (χ1) is 7.46. The van der Waals surface area contributed by atoms with Crippen molar-refractivity contribution in [2.24, 2.45) is 0 Å². The van der Waals surface area contributed by atoms with Gasteiger partial charge < -0.3 is 4.74 Å². The van der Waals surface area contributed by atoms with Crippen LogP contribution in [-0.4, -0.2) is 40.6 Å². The van der Waals surface area contributed by atoms with E-state index in [0.29, 0.717) is 0 Å². The van der Waals surface area contributed by atoms with Crippen LogP contribution in [-0.2, 0) is 4.74 Å². The largest absolute Gasteiger partial charge is 0.375 e. The molecule has 0 aliphatic carbocycles. The molecule has 3 heteroatoms. The number of nitrogens with zero attached hydrogens (tertiary/aromatic N) is 1. The Morgan fingerprint density at radius 1 is 1.19 bits per heavy atom. The van der Waals surface area contributed by atoms with Crippen molar-refractivity contribution in [3.63, 3.8) is 0 Å². The maximum atomic E-state index is 5.83. The van der Waals surface area contributed by atoms with Crippen molar-refractivity contribution in [3.05, 3.63) is 0 Å². The molecule has 2 saturated heterocycles. The third kappa shape index (κ3) is 3.21. The fourth-order valence-electron chi connectivity index (χ4n) is 3.03. The molecule has 0 spiro atoms. The molecule has 2 fully saturated rings. The number of piperidine rings is 1. The first-order valence-electron chi connectivity index (χ1n) is 6.49. The van der Waals surface area contributed by atoms with Gasteiger partial charge in [0.2, 0.25) is 0 Å². The van der Waals surface area contributed by atoms with Crippen molar-refractivity contribution < 1.29 is 4.74 Å². The molecule has 2 aliphatic heterocycles. The van der Waals surface area contributed by atoms with Crippen molar-refractivity contribution in [2.45, 2.75) is 69.0 Å². The summed E-state index contributed by atoms with van der Waals surface area (Å²) in [5, 5.41) is 0. The van der Waals surface area contributed by atoms with Crippen LogP contribution < -0.4 is 0 Å². The Labute approximate surface area is 108 Å². The number of halogens is 1. The van der Waals surface area contributed by atoms with E-state index in [1.54, 1.807) is 0 Å². The topological polar surface area (TPSA) is 12.5 Å². The molecule has 2 bridgehead atoms. The molecule has 0 aromatic carbocycles. The summed E-state index contributed by atoms with van der Waals surface area (Å²) in [7, 11) is 0. The van der Waals surface area contributed by atoms with Gasteiger partial charge in [-0.1, -0.05) is 15.9 Å². The minimum atomic E-state index is 0.00674. The van der Waals surface area contributed by atoms with Crippen molar-refractivity contribution in [2.75, 3.05) is 13.2 Å². The normalized spacial score (nSPS) is 35.6.